The number of allylic oxidation sites excluding steroid dienone is 2. The summed E-state index contributed by atoms with van der Waals surface area (Å²) in [6.07, 6.45) is 0. The standard InChI is InChI=1S/C17H15N3OS/c1-10-15(11(2)21)16(14-8-5-9-22-14)20-13-7-4-3-6-12(13)19-17(20)18-10/h3-9,16H,1-2H3,(H,18,19)/t16-/m0/s1. The van der Waals surface area contributed by atoms with Gasteiger partial charge in [-0.15, -0.1) is 11.3 Å². The molecular formula is C17H15N3OS. The Bertz CT molecular complexity index is 905. The Kier molecular flexibility index (Phi) is 2.90. The number of nitrogens with zero attached hydrogens (tertiary/aromatic N) is 2. The highest BCUT2D eigenvalue weighted by molar-refractivity contribution is 7.10. The first-order chi connectivity index (χ1) is 10.7. The Labute approximate surface area is 132 Å². The molecule has 0 aliphatic carbocycles. The molecule has 1 aliphatic heterocycles. The van der Waals surface area contributed by atoms with E-state index in [9.17, 15) is 4.79 Å². The molecule has 4 nitrogen and oxygen atoms in total. The molecule has 22 heavy (non-hydrogen) atoms. The number of anilines is 1. The Morgan fingerprint density at radius 1 is 1.27 bits per heavy atom. The van der Waals surface area contributed by atoms with Gasteiger partial charge in [-0.25, -0.2) is 4.98 Å². The van der Waals surface area contributed by atoms with Gasteiger partial charge < -0.3 is 5.32 Å². The molecule has 0 radical (unpaired) electrons. The Hall–Kier alpha value is -2.40. The summed E-state index contributed by atoms with van der Waals surface area (Å²) in [7, 11) is 0. The fraction of sp³-hybridized carbons (Fsp3) is 0.176. The maximum Gasteiger partial charge on any atom is 0.209 e. The van der Waals surface area contributed by atoms with Crippen molar-refractivity contribution in [1.29, 1.82) is 0 Å². The van der Waals surface area contributed by atoms with Gasteiger partial charge in [-0.3, -0.25) is 9.36 Å². The Morgan fingerprint density at radius 3 is 2.82 bits per heavy atom. The molecule has 2 aromatic heterocycles. The summed E-state index contributed by atoms with van der Waals surface area (Å²) >= 11 is 1.67. The molecule has 1 N–H and O–H groups in total. The lowest BCUT2D eigenvalue weighted by atomic mass is 9.97. The Morgan fingerprint density at radius 2 is 2.09 bits per heavy atom. The largest absolute Gasteiger partial charge is 0.329 e. The number of ketones is 1. The van der Waals surface area contributed by atoms with E-state index in [4.69, 9.17) is 0 Å². The number of benzene rings is 1. The van der Waals surface area contributed by atoms with E-state index in [0.29, 0.717) is 0 Å². The zero-order chi connectivity index (χ0) is 15.3. The minimum absolute atomic E-state index is 0.0897. The van der Waals surface area contributed by atoms with Crippen LogP contribution >= 0.6 is 11.3 Å². The molecule has 3 heterocycles. The van der Waals surface area contributed by atoms with Crippen molar-refractivity contribution in [1.82, 2.24) is 9.55 Å². The van der Waals surface area contributed by atoms with Gasteiger partial charge in [-0.1, -0.05) is 18.2 Å². The van der Waals surface area contributed by atoms with Crippen molar-refractivity contribution in [2.45, 2.75) is 19.9 Å². The van der Waals surface area contributed by atoms with Crippen molar-refractivity contribution in [3.8, 4) is 0 Å². The van der Waals surface area contributed by atoms with Gasteiger partial charge in [0.05, 0.1) is 11.0 Å². The van der Waals surface area contributed by atoms with Crippen molar-refractivity contribution < 1.29 is 4.79 Å². The highest BCUT2D eigenvalue weighted by Gasteiger charge is 2.32. The van der Waals surface area contributed by atoms with Crippen LogP contribution < -0.4 is 5.32 Å². The highest BCUT2D eigenvalue weighted by Crippen LogP contribution is 2.40. The van der Waals surface area contributed by atoms with Crippen LogP contribution in [0.5, 0.6) is 0 Å². The monoisotopic (exact) mass is 309 g/mol. The van der Waals surface area contributed by atoms with Crippen molar-refractivity contribution in [2.24, 2.45) is 0 Å². The van der Waals surface area contributed by atoms with Gasteiger partial charge in [0.2, 0.25) is 5.95 Å². The molecule has 0 fully saturated rings. The SMILES string of the molecule is CC(=O)C1=C(C)Nc2nc3ccccc3n2[C@H]1c1cccs1. The summed E-state index contributed by atoms with van der Waals surface area (Å²) in [6, 6.07) is 12.0. The molecule has 0 bridgehead atoms. The van der Waals surface area contributed by atoms with Gasteiger partial charge in [-0.05, 0) is 37.4 Å². The molecule has 0 unspecified atom stereocenters. The number of thiophene rings is 1. The van der Waals surface area contributed by atoms with Crippen LogP contribution in [0.2, 0.25) is 0 Å². The van der Waals surface area contributed by atoms with E-state index in [0.717, 1.165) is 33.1 Å². The van der Waals surface area contributed by atoms with E-state index >= 15 is 0 Å². The predicted octanol–water partition coefficient (Wildman–Crippen LogP) is 3.98. The molecule has 0 saturated carbocycles. The number of hydrogen-bond donors (Lipinski definition) is 1. The third-order valence-corrected chi connectivity index (χ3v) is 4.95. The summed E-state index contributed by atoms with van der Waals surface area (Å²) in [4.78, 5) is 18.1. The third kappa shape index (κ3) is 1.82. The van der Waals surface area contributed by atoms with Gasteiger partial charge in [0.15, 0.2) is 5.78 Å². The van der Waals surface area contributed by atoms with Crippen molar-refractivity contribution >= 4 is 34.1 Å². The lowest BCUT2D eigenvalue weighted by Gasteiger charge is -2.29. The van der Waals surface area contributed by atoms with Crippen LogP contribution in [0.25, 0.3) is 11.0 Å². The number of fused-ring (bicyclic) bond motifs is 3. The molecular weight excluding hydrogens is 294 g/mol. The van der Waals surface area contributed by atoms with Crippen LogP contribution in [-0.4, -0.2) is 15.3 Å². The van der Waals surface area contributed by atoms with E-state index in [1.165, 1.54) is 0 Å². The number of carbonyl (C=O) groups is 1. The molecule has 0 saturated heterocycles. The maximum atomic E-state index is 12.3. The van der Waals surface area contributed by atoms with E-state index in [2.05, 4.69) is 20.9 Å². The second-order valence-corrected chi connectivity index (χ2v) is 6.41. The fourth-order valence-corrected chi connectivity index (χ4v) is 3.96. The lowest BCUT2D eigenvalue weighted by Crippen LogP contribution is -2.26. The number of Topliss-reactive ketones (excluding diaryl/α,β-unsaturated/α-hetero) is 1. The number of para-hydroxylation sites is 2. The molecule has 4 rings (SSSR count). The fourth-order valence-electron chi connectivity index (χ4n) is 3.14. The molecule has 0 spiro atoms. The smallest absolute Gasteiger partial charge is 0.209 e. The topological polar surface area (TPSA) is 46.9 Å². The van der Waals surface area contributed by atoms with E-state index in [1.807, 2.05) is 42.6 Å². The molecule has 1 aliphatic rings. The first kappa shape index (κ1) is 13.3. The summed E-state index contributed by atoms with van der Waals surface area (Å²) < 4.78 is 2.13. The molecule has 1 aromatic carbocycles. The average molecular weight is 309 g/mol. The highest BCUT2D eigenvalue weighted by atomic mass is 32.1. The van der Waals surface area contributed by atoms with Gasteiger partial charge in [0.25, 0.3) is 0 Å². The number of imidazole rings is 1. The first-order valence-electron chi connectivity index (χ1n) is 7.16. The number of carbonyl (C=O) groups excluding carboxylic acids is 1. The van der Waals surface area contributed by atoms with Crippen LogP contribution in [0.1, 0.15) is 24.8 Å². The first-order valence-corrected chi connectivity index (χ1v) is 8.04. The third-order valence-electron chi connectivity index (χ3n) is 4.02. The zero-order valence-electron chi connectivity index (χ0n) is 12.3. The lowest BCUT2D eigenvalue weighted by molar-refractivity contribution is -0.114. The van der Waals surface area contributed by atoms with Crippen LogP contribution in [0.15, 0.2) is 53.0 Å². The van der Waals surface area contributed by atoms with E-state index < -0.39 is 0 Å². The van der Waals surface area contributed by atoms with Gasteiger partial charge in [0.1, 0.15) is 6.04 Å². The van der Waals surface area contributed by atoms with E-state index in [-0.39, 0.29) is 11.8 Å². The van der Waals surface area contributed by atoms with Crippen molar-refractivity contribution in [2.75, 3.05) is 5.32 Å². The van der Waals surface area contributed by atoms with Crippen LogP contribution in [0.4, 0.5) is 5.95 Å². The second kappa shape index (κ2) is 4.81. The average Bonchev–Trinajstić information content (AvgIpc) is 3.12. The minimum atomic E-state index is -0.110. The second-order valence-electron chi connectivity index (χ2n) is 5.43. The molecule has 0 amide bonds. The summed E-state index contributed by atoms with van der Waals surface area (Å²) in [6.45, 7) is 3.57. The summed E-state index contributed by atoms with van der Waals surface area (Å²) in [5.74, 6) is 0.883. The number of hydrogen-bond acceptors (Lipinski definition) is 4. The van der Waals surface area contributed by atoms with Crippen molar-refractivity contribution in [3.63, 3.8) is 0 Å². The summed E-state index contributed by atoms with van der Waals surface area (Å²) in [5, 5.41) is 5.33. The normalized spacial score (nSPS) is 17.5. The van der Waals surface area contributed by atoms with Crippen LogP contribution in [-0.2, 0) is 4.79 Å². The van der Waals surface area contributed by atoms with Crippen molar-refractivity contribution in [3.05, 3.63) is 57.9 Å². The number of aromatic nitrogens is 2. The number of rotatable bonds is 2. The number of nitrogens with one attached hydrogen (secondary N) is 1. The maximum absolute atomic E-state index is 12.3. The zero-order valence-corrected chi connectivity index (χ0v) is 13.1. The van der Waals surface area contributed by atoms with Gasteiger partial charge >= 0.3 is 0 Å². The van der Waals surface area contributed by atoms with Gasteiger partial charge in [0, 0.05) is 16.1 Å². The predicted molar refractivity (Wildman–Crippen MR) is 89.2 cm³/mol. The molecule has 1 atom stereocenters. The van der Waals surface area contributed by atoms with Gasteiger partial charge in [-0.2, -0.15) is 0 Å². The quantitative estimate of drug-likeness (QED) is 0.779. The molecule has 110 valence electrons. The van der Waals surface area contributed by atoms with Crippen LogP contribution in [0.3, 0.4) is 0 Å². The minimum Gasteiger partial charge on any atom is -0.329 e. The molecule has 5 heteroatoms. The Balaban J connectivity index is 2.05. The van der Waals surface area contributed by atoms with Crippen LogP contribution in [0, 0.1) is 0 Å². The van der Waals surface area contributed by atoms with E-state index in [1.54, 1.807) is 18.3 Å². The summed E-state index contributed by atoms with van der Waals surface area (Å²) in [5.41, 5.74) is 3.66. The molecule has 3 aromatic rings.